The van der Waals surface area contributed by atoms with Gasteiger partial charge >= 0.3 is 6.09 Å². The Hall–Kier alpha value is -1.40. The van der Waals surface area contributed by atoms with E-state index in [1.807, 2.05) is 0 Å². The van der Waals surface area contributed by atoms with Crippen LogP contribution in [-0.2, 0) is 11.3 Å². The van der Waals surface area contributed by atoms with Crippen molar-refractivity contribution in [2.45, 2.75) is 38.8 Å². The summed E-state index contributed by atoms with van der Waals surface area (Å²) in [5.74, 6) is -3.07. The molecule has 1 aromatic rings. The Morgan fingerprint density at radius 3 is 2.55 bits per heavy atom. The maximum atomic E-state index is 13.6. The summed E-state index contributed by atoms with van der Waals surface area (Å²) in [6.45, 7) is 3.91. The molecule has 0 bridgehead atoms. The van der Waals surface area contributed by atoms with Crippen molar-refractivity contribution < 1.29 is 18.3 Å². The number of carbonyl (C=O) groups is 1. The lowest BCUT2D eigenvalue weighted by atomic mass is 10.2. The number of hydrogen-bond acceptors (Lipinski definition) is 3. The number of alkyl halides is 2. The van der Waals surface area contributed by atoms with Crippen LogP contribution in [0.15, 0.2) is 24.3 Å². The number of carbonyl (C=O) groups excluding carboxylic acids is 1. The van der Waals surface area contributed by atoms with E-state index in [1.54, 1.807) is 45.0 Å². The van der Waals surface area contributed by atoms with Gasteiger partial charge in [-0.2, -0.15) is 0 Å². The Morgan fingerprint density at radius 2 is 1.95 bits per heavy atom. The van der Waals surface area contributed by atoms with E-state index in [4.69, 9.17) is 16.3 Å². The summed E-state index contributed by atoms with van der Waals surface area (Å²) in [4.78, 5) is 11.3. The van der Waals surface area contributed by atoms with E-state index < -0.39 is 30.7 Å². The normalized spacial score (nSPS) is 12.1. The van der Waals surface area contributed by atoms with Gasteiger partial charge in [0, 0.05) is 11.6 Å². The summed E-state index contributed by atoms with van der Waals surface area (Å²) in [6, 6.07) is 6.95. The molecule has 2 N–H and O–H groups in total. The standard InChI is InChI=1S/C15H21ClF2N2O2/c1-14(2,3)22-13(21)20-10-15(17,18)9-19-8-11-5-4-6-12(16)7-11/h4-7,19H,8-10H2,1-3H3,(H,20,21). The van der Waals surface area contributed by atoms with E-state index in [2.05, 4.69) is 10.6 Å². The Labute approximate surface area is 134 Å². The van der Waals surface area contributed by atoms with Gasteiger partial charge in [0.15, 0.2) is 0 Å². The van der Waals surface area contributed by atoms with E-state index in [1.165, 1.54) is 0 Å². The third-order valence-corrected chi connectivity index (χ3v) is 2.73. The van der Waals surface area contributed by atoms with Crippen LogP contribution in [0.4, 0.5) is 13.6 Å². The van der Waals surface area contributed by atoms with Gasteiger partial charge in [-0.1, -0.05) is 23.7 Å². The number of halogens is 3. The number of alkyl carbamates (subject to hydrolysis) is 1. The van der Waals surface area contributed by atoms with Crippen molar-refractivity contribution in [2.75, 3.05) is 13.1 Å². The van der Waals surface area contributed by atoms with E-state index in [0.717, 1.165) is 5.56 Å². The number of amides is 1. The van der Waals surface area contributed by atoms with Gasteiger partial charge in [0.1, 0.15) is 5.60 Å². The lowest BCUT2D eigenvalue weighted by molar-refractivity contribution is -0.00376. The smallest absolute Gasteiger partial charge is 0.407 e. The molecule has 4 nitrogen and oxygen atoms in total. The molecule has 0 atom stereocenters. The largest absolute Gasteiger partial charge is 0.444 e. The summed E-state index contributed by atoms with van der Waals surface area (Å²) >= 11 is 5.81. The molecule has 1 aromatic carbocycles. The maximum Gasteiger partial charge on any atom is 0.407 e. The first-order valence-corrected chi connectivity index (χ1v) is 7.25. The second-order valence-corrected chi connectivity index (χ2v) is 6.38. The van der Waals surface area contributed by atoms with Gasteiger partial charge in [-0.05, 0) is 38.5 Å². The number of hydrogen-bond donors (Lipinski definition) is 2. The predicted molar refractivity (Wildman–Crippen MR) is 82.3 cm³/mol. The highest BCUT2D eigenvalue weighted by Gasteiger charge is 2.30. The molecule has 0 aliphatic rings. The zero-order valence-electron chi connectivity index (χ0n) is 12.9. The molecule has 0 spiro atoms. The van der Waals surface area contributed by atoms with Crippen LogP contribution in [-0.4, -0.2) is 30.7 Å². The molecule has 1 amide bonds. The molecule has 0 aliphatic carbocycles. The van der Waals surface area contributed by atoms with Crippen molar-refractivity contribution in [3.05, 3.63) is 34.9 Å². The molecule has 124 valence electrons. The zero-order chi connectivity index (χ0) is 16.8. The van der Waals surface area contributed by atoms with Crippen molar-refractivity contribution in [3.8, 4) is 0 Å². The molecule has 0 radical (unpaired) electrons. The fourth-order valence-corrected chi connectivity index (χ4v) is 1.83. The monoisotopic (exact) mass is 334 g/mol. The van der Waals surface area contributed by atoms with Crippen molar-refractivity contribution in [1.29, 1.82) is 0 Å². The zero-order valence-corrected chi connectivity index (χ0v) is 13.6. The van der Waals surface area contributed by atoms with Crippen molar-refractivity contribution in [1.82, 2.24) is 10.6 Å². The first-order valence-electron chi connectivity index (χ1n) is 6.87. The van der Waals surface area contributed by atoms with Gasteiger partial charge in [-0.3, -0.25) is 0 Å². The quantitative estimate of drug-likeness (QED) is 0.836. The minimum atomic E-state index is -3.07. The molecule has 0 heterocycles. The summed E-state index contributed by atoms with van der Waals surface area (Å²) < 4.78 is 32.2. The Bertz CT molecular complexity index is 505. The number of rotatable bonds is 6. The molecule has 7 heteroatoms. The molecule has 22 heavy (non-hydrogen) atoms. The SMILES string of the molecule is CC(C)(C)OC(=O)NCC(F)(F)CNCc1cccc(Cl)c1. The summed E-state index contributed by atoms with van der Waals surface area (Å²) in [5, 5.41) is 5.26. The van der Waals surface area contributed by atoms with Crippen LogP contribution >= 0.6 is 11.6 Å². The van der Waals surface area contributed by atoms with Crippen molar-refractivity contribution in [2.24, 2.45) is 0 Å². The predicted octanol–water partition coefficient (Wildman–Crippen LogP) is 3.59. The Kier molecular flexibility index (Phi) is 6.56. The van der Waals surface area contributed by atoms with Crippen LogP contribution in [0.25, 0.3) is 0 Å². The molecule has 1 rings (SSSR count). The Morgan fingerprint density at radius 1 is 1.27 bits per heavy atom. The highest BCUT2D eigenvalue weighted by Crippen LogP contribution is 2.13. The van der Waals surface area contributed by atoms with Crippen molar-refractivity contribution in [3.63, 3.8) is 0 Å². The van der Waals surface area contributed by atoms with Crippen molar-refractivity contribution >= 4 is 17.7 Å². The molecule has 0 unspecified atom stereocenters. The molecular weight excluding hydrogens is 314 g/mol. The lowest BCUT2D eigenvalue weighted by Crippen LogP contribution is -2.44. The molecule has 0 aromatic heterocycles. The summed E-state index contributed by atoms with van der Waals surface area (Å²) in [7, 11) is 0. The van der Waals surface area contributed by atoms with Crippen LogP contribution in [0.2, 0.25) is 5.02 Å². The van der Waals surface area contributed by atoms with E-state index in [-0.39, 0.29) is 6.54 Å². The fraction of sp³-hybridized carbons (Fsp3) is 0.533. The van der Waals surface area contributed by atoms with Crippen LogP contribution in [0.5, 0.6) is 0 Å². The molecule has 0 saturated carbocycles. The number of nitrogens with one attached hydrogen (secondary N) is 2. The van der Waals surface area contributed by atoms with Gasteiger partial charge in [-0.25, -0.2) is 13.6 Å². The minimum Gasteiger partial charge on any atom is -0.444 e. The fourth-order valence-electron chi connectivity index (χ4n) is 1.61. The Balaban J connectivity index is 2.33. The second-order valence-electron chi connectivity index (χ2n) is 5.94. The third-order valence-electron chi connectivity index (χ3n) is 2.49. The van der Waals surface area contributed by atoms with Crippen LogP contribution in [0, 0.1) is 0 Å². The second kappa shape index (κ2) is 7.74. The van der Waals surface area contributed by atoms with E-state index >= 15 is 0 Å². The van der Waals surface area contributed by atoms with Gasteiger partial charge < -0.3 is 15.4 Å². The maximum absolute atomic E-state index is 13.6. The van der Waals surface area contributed by atoms with Gasteiger partial charge in [0.2, 0.25) is 0 Å². The van der Waals surface area contributed by atoms with E-state index in [9.17, 15) is 13.6 Å². The minimum absolute atomic E-state index is 0.266. The number of ether oxygens (including phenoxy) is 1. The van der Waals surface area contributed by atoms with Gasteiger partial charge in [-0.15, -0.1) is 0 Å². The molecular formula is C15H21ClF2N2O2. The van der Waals surface area contributed by atoms with Crippen LogP contribution in [0.3, 0.4) is 0 Å². The average Bonchev–Trinajstić information content (AvgIpc) is 2.34. The van der Waals surface area contributed by atoms with E-state index in [0.29, 0.717) is 5.02 Å². The number of benzene rings is 1. The highest BCUT2D eigenvalue weighted by atomic mass is 35.5. The first-order chi connectivity index (χ1) is 10.1. The molecule has 0 saturated heterocycles. The van der Waals surface area contributed by atoms with Gasteiger partial charge in [0.05, 0.1) is 13.1 Å². The lowest BCUT2D eigenvalue weighted by Gasteiger charge is -2.22. The summed E-state index contributed by atoms with van der Waals surface area (Å²) in [6.07, 6.45) is -0.859. The van der Waals surface area contributed by atoms with Crippen LogP contribution < -0.4 is 10.6 Å². The molecule has 0 aliphatic heterocycles. The molecule has 0 fully saturated rings. The topological polar surface area (TPSA) is 50.4 Å². The first kappa shape index (κ1) is 18.6. The third kappa shape index (κ3) is 8.14. The summed E-state index contributed by atoms with van der Waals surface area (Å²) in [5.41, 5.74) is 0.0906. The highest BCUT2D eigenvalue weighted by molar-refractivity contribution is 6.30. The van der Waals surface area contributed by atoms with Gasteiger partial charge in [0.25, 0.3) is 5.92 Å². The van der Waals surface area contributed by atoms with Crippen LogP contribution in [0.1, 0.15) is 26.3 Å². The average molecular weight is 335 g/mol.